The second-order valence-electron chi connectivity index (χ2n) is 7.12. The molecule has 6 heteroatoms. The maximum Gasteiger partial charge on any atom is 0.336 e. The van der Waals surface area contributed by atoms with Gasteiger partial charge in [-0.15, -0.1) is 0 Å². The average molecular weight is 447 g/mol. The van der Waals surface area contributed by atoms with E-state index in [-0.39, 0.29) is 11.5 Å². The fourth-order valence-corrected chi connectivity index (χ4v) is 3.32. The normalized spacial score (nSPS) is 11.1. The summed E-state index contributed by atoms with van der Waals surface area (Å²) in [7, 11) is 1.58. The number of fused-ring (bicyclic) bond motifs is 1. The molecule has 0 spiro atoms. The minimum absolute atomic E-state index is 0.161. The first-order chi connectivity index (χ1) is 15.4. The molecule has 4 aromatic rings. The summed E-state index contributed by atoms with van der Waals surface area (Å²) in [5.41, 5.74) is 2.21. The zero-order valence-electron chi connectivity index (χ0n) is 17.4. The van der Waals surface area contributed by atoms with Crippen molar-refractivity contribution in [2.45, 2.75) is 6.92 Å². The van der Waals surface area contributed by atoms with E-state index in [9.17, 15) is 9.59 Å². The van der Waals surface area contributed by atoms with Crippen LogP contribution in [0.4, 0.5) is 0 Å². The lowest BCUT2D eigenvalue weighted by Gasteiger charge is -2.10. The number of carbonyl (C=O) groups is 1. The summed E-state index contributed by atoms with van der Waals surface area (Å²) in [6.45, 7) is 1.87. The van der Waals surface area contributed by atoms with Gasteiger partial charge in [0, 0.05) is 16.7 Å². The van der Waals surface area contributed by atoms with Gasteiger partial charge in [-0.25, -0.2) is 4.79 Å². The fourth-order valence-electron chi connectivity index (χ4n) is 3.19. The molecule has 160 valence electrons. The third-order valence-electron chi connectivity index (χ3n) is 4.84. The van der Waals surface area contributed by atoms with Gasteiger partial charge in [0.25, 0.3) is 0 Å². The Morgan fingerprint density at radius 2 is 1.72 bits per heavy atom. The first kappa shape index (κ1) is 21.4. The summed E-state index contributed by atoms with van der Waals surface area (Å²) in [6.07, 6.45) is 2.85. The molecule has 0 bridgehead atoms. The Kier molecular flexibility index (Phi) is 6.10. The fraction of sp³-hybridized carbons (Fsp3) is 0.0769. The van der Waals surface area contributed by atoms with Crippen LogP contribution in [0.2, 0.25) is 5.02 Å². The molecule has 5 nitrogen and oxygen atoms in total. The van der Waals surface area contributed by atoms with Gasteiger partial charge in [0.1, 0.15) is 11.3 Å². The molecular formula is C26H19ClO5. The first-order valence-corrected chi connectivity index (χ1v) is 10.2. The van der Waals surface area contributed by atoms with E-state index in [1.165, 1.54) is 6.08 Å². The lowest BCUT2D eigenvalue weighted by Crippen LogP contribution is -2.14. The van der Waals surface area contributed by atoms with E-state index in [1.54, 1.807) is 73.8 Å². The lowest BCUT2D eigenvalue weighted by molar-refractivity contribution is -0.129. The van der Waals surface area contributed by atoms with Crippen LogP contribution in [-0.2, 0) is 4.79 Å². The SMILES string of the molecule is COc1ccc(/C=C/C(=O)Oc2c(-c3ccc(Cl)cc3)oc3ccc(C)cc3c2=O)cc1. The van der Waals surface area contributed by atoms with Crippen LogP contribution in [0.15, 0.2) is 82.0 Å². The van der Waals surface area contributed by atoms with Gasteiger partial charge in [-0.3, -0.25) is 4.79 Å². The van der Waals surface area contributed by atoms with Crippen molar-refractivity contribution in [1.29, 1.82) is 0 Å². The van der Waals surface area contributed by atoms with Crippen molar-refractivity contribution in [1.82, 2.24) is 0 Å². The van der Waals surface area contributed by atoms with Crippen molar-refractivity contribution in [3.8, 4) is 22.8 Å². The van der Waals surface area contributed by atoms with E-state index in [4.69, 9.17) is 25.5 Å². The summed E-state index contributed by atoms with van der Waals surface area (Å²) in [5, 5.41) is 0.873. The Hall–Kier alpha value is -3.83. The Bertz CT molecular complexity index is 1370. The van der Waals surface area contributed by atoms with Gasteiger partial charge in [-0.2, -0.15) is 0 Å². The van der Waals surface area contributed by atoms with Crippen LogP contribution in [0, 0.1) is 6.92 Å². The third-order valence-corrected chi connectivity index (χ3v) is 5.09. The van der Waals surface area contributed by atoms with Crippen LogP contribution in [0.1, 0.15) is 11.1 Å². The Labute approximate surface area is 189 Å². The zero-order chi connectivity index (χ0) is 22.7. The number of benzene rings is 3. The molecule has 4 rings (SSSR count). The average Bonchev–Trinajstić information content (AvgIpc) is 2.81. The molecule has 0 saturated heterocycles. The number of hydrogen-bond donors (Lipinski definition) is 0. The molecule has 0 saturated carbocycles. The monoisotopic (exact) mass is 446 g/mol. The van der Waals surface area contributed by atoms with E-state index >= 15 is 0 Å². The standard InChI is InChI=1S/C26H19ClO5/c1-16-3-13-22-21(15-16)24(29)26(25(31-22)18-7-9-19(27)10-8-18)32-23(28)14-6-17-4-11-20(30-2)12-5-17/h3-15H,1-2H3/b14-6+. The highest BCUT2D eigenvalue weighted by Crippen LogP contribution is 2.32. The Balaban J connectivity index is 1.73. The number of rotatable bonds is 5. The molecule has 0 N–H and O–H groups in total. The van der Waals surface area contributed by atoms with Crippen molar-refractivity contribution in [2.24, 2.45) is 0 Å². The van der Waals surface area contributed by atoms with E-state index in [0.717, 1.165) is 11.1 Å². The molecule has 3 aromatic carbocycles. The van der Waals surface area contributed by atoms with Gasteiger partial charge in [0.2, 0.25) is 11.2 Å². The smallest absolute Gasteiger partial charge is 0.336 e. The molecule has 0 unspecified atom stereocenters. The van der Waals surface area contributed by atoms with Crippen molar-refractivity contribution in [3.63, 3.8) is 0 Å². The van der Waals surface area contributed by atoms with Crippen LogP contribution in [-0.4, -0.2) is 13.1 Å². The second kappa shape index (κ2) is 9.12. The molecule has 0 radical (unpaired) electrons. The van der Waals surface area contributed by atoms with E-state index < -0.39 is 11.4 Å². The van der Waals surface area contributed by atoms with E-state index in [2.05, 4.69) is 0 Å². The van der Waals surface area contributed by atoms with Crippen molar-refractivity contribution >= 4 is 34.6 Å². The largest absolute Gasteiger partial charge is 0.497 e. The van der Waals surface area contributed by atoms with Gasteiger partial charge in [0.05, 0.1) is 12.5 Å². The van der Waals surface area contributed by atoms with Crippen molar-refractivity contribution < 1.29 is 18.7 Å². The molecule has 0 aliphatic heterocycles. The Morgan fingerprint density at radius 1 is 1.00 bits per heavy atom. The predicted octanol–water partition coefficient (Wildman–Crippen LogP) is 6.05. The molecule has 1 heterocycles. The zero-order valence-corrected chi connectivity index (χ0v) is 18.2. The van der Waals surface area contributed by atoms with Gasteiger partial charge in [0.15, 0.2) is 5.76 Å². The molecule has 0 fully saturated rings. The van der Waals surface area contributed by atoms with Crippen LogP contribution in [0.3, 0.4) is 0 Å². The van der Waals surface area contributed by atoms with E-state index in [0.29, 0.717) is 27.3 Å². The molecule has 0 aliphatic carbocycles. The number of carbonyl (C=O) groups excluding carboxylic acids is 1. The Morgan fingerprint density at radius 3 is 2.41 bits per heavy atom. The topological polar surface area (TPSA) is 65.7 Å². The first-order valence-electron chi connectivity index (χ1n) is 9.82. The number of halogens is 1. The quantitative estimate of drug-likeness (QED) is 0.276. The highest BCUT2D eigenvalue weighted by molar-refractivity contribution is 6.30. The maximum absolute atomic E-state index is 13.2. The third kappa shape index (κ3) is 4.58. The number of hydrogen-bond acceptors (Lipinski definition) is 5. The highest BCUT2D eigenvalue weighted by atomic mass is 35.5. The van der Waals surface area contributed by atoms with Gasteiger partial charge in [-0.05, 0) is 67.1 Å². The summed E-state index contributed by atoms with van der Waals surface area (Å²) in [6, 6.07) is 19.2. The van der Waals surface area contributed by atoms with Gasteiger partial charge < -0.3 is 13.9 Å². The molecule has 1 aromatic heterocycles. The number of ether oxygens (including phenoxy) is 2. The molecule has 0 atom stereocenters. The maximum atomic E-state index is 13.2. The van der Waals surface area contributed by atoms with Gasteiger partial charge in [-0.1, -0.05) is 35.4 Å². The lowest BCUT2D eigenvalue weighted by atomic mass is 10.1. The van der Waals surface area contributed by atoms with Crippen LogP contribution in [0.25, 0.3) is 28.4 Å². The second-order valence-corrected chi connectivity index (χ2v) is 7.56. The molecular weight excluding hydrogens is 428 g/mol. The van der Waals surface area contributed by atoms with Crippen LogP contribution < -0.4 is 14.9 Å². The summed E-state index contributed by atoms with van der Waals surface area (Å²) >= 11 is 5.99. The minimum Gasteiger partial charge on any atom is -0.497 e. The number of aryl methyl sites for hydroxylation is 1. The summed E-state index contributed by atoms with van der Waals surface area (Å²) in [4.78, 5) is 25.8. The molecule has 0 amide bonds. The van der Waals surface area contributed by atoms with Crippen molar-refractivity contribution in [2.75, 3.05) is 7.11 Å². The minimum atomic E-state index is -0.699. The van der Waals surface area contributed by atoms with E-state index in [1.807, 2.05) is 13.0 Å². The van der Waals surface area contributed by atoms with Crippen molar-refractivity contribution in [3.05, 3.63) is 99.2 Å². The van der Waals surface area contributed by atoms with Gasteiger partial charge >= 0.3 is 5.97 Å². The van der Waals surface area contributed by atoms with Crippen LogP contribution in [0.5, 0.6) is 11.5 Å². The highest BCUT2D eigenvalue weighted by Gasteiger charge is 2.20. The number of methoxy groups -OCH3 is 1. The predicted molar refractivity (Wildman–Crippen MR) is 125 cm³/mol. The number of esters is 1. The summed E-state index contributed by atoms with van der Waals surface area (Å²) in [5.74, 6) is 0.000698. The molecule has 32 heavy (non-hydrogen) atoms. The summed E-state index contributed by atoms with van der Waals surface area (Å²) < 4.78 is 16.6. The van der Waals surface area contributed by atoms with Crippen LogP contribution >= 0.6 is 11.6 Å². The molecule has 0 aliphatic rings.